The number of rotatable bonds is 1. The number of ketones is 1. The SMILES string of the molecule is Cc1ncc(C#N)c(N2CCC(=O)C2)n1. The monoisotopic (exact) mass is 202 g/mol. The first-order valence-electron chi connectivity index (χ1n) is 4.71. The third-order valence-electron chi connectivity index (χ3n) is 2.34. The molecular weight excluding hydrogens is 192 g/mol. The fraction of sp³-hybridized carbons (Fsp3) is 0.400. The van der Waals surface area contributed by atoms with Crippen molar-refractivity contribution < 1.29 is 4.79 Å². The summed E-state index contributed by atoms with van der Waals surface area (Å²) in [7, 11) is 0. The first kappa shape index (κ1) is 9.59. The number of hydrogen-bond donors (Lipinski definition) is 0. The van der Waals surface area contributed by atoms with Gasteiger partial charge in [0.05, 0.1) is 12.7 Å². The van der Waals surface area contributed by atoms with Gasteiger partial charge in [0.25, 0.3) is 0 Å². The standard InChI is InChI=1S/C10H10N4O/c1-7-12-5-8(4-11)10(13-7)14-3-2-9(15)6-14/h5H,2-3,6H2,1H3. The van der Waals surface area contributed by atoms with Gasteiger partial charge in [-0.1, -0.05) is 0 Å². The molecular formula is C10H10N4O. The molecule has 0 aliphatic carbocycles. The molecule has 2 heterocycles. The third kappa shape index (κ3) is 1.79. The molecule has 1 saturated heterocycles. The zero-order valence-corrected chi connectivity index (χ0v) is 8.40. The minimum atomic E-state index is 0.190. The topological polar surface area (TPSA) is 69.9 Å². The fourth-order valence-electron chi connectivity index (χ4n) is 1.59. The van der Waals surface area contributed by atoms with Crippen molar-refractivity contribution in [2.24, 2.45) is 0 Å². The summed E-state index contributed by atoms with van der Waals surface area (Å²) < 4.78 is 0. The lowest BCUT2D eigenvalue weighted by Crippen LogP contribution is -2.22. The molecule has 1 fully saturated rings. The summed E-state index contributed by atoms with van der Waals surface area (Å²) >= 11 is 0. The molecule has 5 heteroatoms. The van der Waals surface area contributed by atoms with E-state index in [9.17, 15) is 4.79 Å². The second kappa shape index (κ2) is 3.65. The molecule has 0 spiro atoms. The van der Waals surface area contributed by atoms with Crippen LogP contribution < -0.4 is 4.90 Å². The van der Waals surface area contributed by atoms with Gasteiger partial charge in [0.2, 0.25) is 0 Å². The van der Waals surface area contributed by atoms with Crippen molar-refractivity contribution in [1.82, 2.24) is 9.97 Å². The molecule has 0 unspecified atom stereocenters. The van der Waals surface area contributed by atoms with E-state index >= 15 is 0 Å². The Morgan fingerprint density at radius 2 is 2.40 bits per heavy atom. The quantitative estimate of drug-likeness (QED) is 0.660. The Balaban J connectivity index is 2.38. The van der Waals surface area contributed by atoms with Crippen LogP contribution >= 0.6 is 0 Å². The number of nitrogens with zero attached hydrogens (tertiary/aromatic N) is 4. The molecule has 5 nitrogen and oxygen atoms in total. The summed E-state index contributed by atoms with van der Waals surface area (Å²) in [5.41, 5.74) is 0.426. The number of nitriles is 1. The summed E-state index contributed by atoms with van der Waals surface area (Å²) in [6.45, 7) is 2.76. The van der Waals surface area contributed by atoms with E-state index in [0.717, 1.165) is 0 Å². The Kier molecular flexibility index (Phi) is 2.34. The van der Waals surface area contributed by atoms with E-state index in [0.29, 0.717) is 36.7 Å². The maximum Gasteiger partial charge on any atom is 0.153 e. The zero-order valence-electron chi connectivity index (χ0n) is 8.40. The molecule has 76 valence electrons. The van der Waals surface area contributed by atoms with Crippen molar-refractivity contribution in [2.75, 3.05) is 18.0 Å². The van der Waals surface area contributed by atoms with Crippen LogP contribution in [0.1, 0.15) is 17.8 Å². The van der Waals surface area contributed by atoms with Gasteiger partial charge in [-0.05, 0) is 6.92 Å². The minimum Gasteiger partial charge on any atom is -0.348 e. The van der Waals surface area contributed by atoms with Crippen molar-refractivity contribution in [3.8, 4) is 6.07 Å². The van der Waals surface area contributed by atoms with Gasteiger partial charge in [-0.25, -0.2) is 9.97 Å². The lowest BCUT2D eigenvalue weighted by molar-refractivity contribution is -0.116. The van der Waals surface area contributed by atoms with Gasteiger partial charge >= 0.3 is 0 Å². The van der Waals surface area contributed by atoms with Crippen LogP contribution in [0.2, 0.25) is 0 Å². The van der Waals surface area contributed by atoms with Crippen molar-refractivity contribution >= 4 is 11.6 Å². The van der Waals surface area contributed by atoms with Crippen LogP contribution in [0.3, 0.4) is 0 Å². The van der Waals surface area contributed by atoms with E-state index in [1.165, 1.54) is 6.20 Å². The minimum absolute atomic E-state index is 0.190. The zero-order chi connectivity index (χ0) is 10.8. The van der Waals surface area contributed by atoms with Crippen LogP contribution in [0.25, 0.3) is 0 Å². The first-order valence-corrected chi connectivity index (χ1v) is 4.71. The molecule has 0 amide bonds. The van der Waals surface area contributed by atoms with E-state index in [-0.39, 0.29) is 5.78 Å². The Bertz CT molecular complexity index is 449. The van der Waals surface area contributed by atoms with Crippen molar-refractivity contribution in [3.63, 3.8) is 0 Å². The smallest absolute Gasteiger partial charge is 0.153 e. The second-order valence-corrected chi connectivity index (χ2v) is 3.48. The first-order chi connectivity index (χ1) is 7.20. The van der Waals surface area contributed by atoms with Gasteiger partial charge in [0.1, 0.15) is 17.5 Å². The maximum atomic E-state index is 11.1. The molecule has 1 aliphatic rings. The predicted molar refractivity (Wildman–Crippen MR) is 53.3 cm³/mol. The summed E-state index contributed by atoms with van der Waals surface area (Å²) in [5, 5.41) is 8.89. The second-order valence-electron chi connectivity index (χ2n) is 3.48. The Morgan fingerprint density at radius 1 is 1.60 bits per heavy atom. The largest absolute Gasteiger partial charge is 0.348 e. The van der Waals surface area contributed by atoms with Crippen LogP contribution in [0.5, 0.6) is 0 Å². The van der Waals surface area contributed by atoms with E-state index in [1.54, 1.807) is 6.92 Å². The molecule has 0 saturated carbocycles. The number of carbonyl (C=O) groups excluding carboxylic acids is 1. The summed E-state index contributed by atoms with van der Waals surface area (Å²) in [5.74, 6) is 1.38. The third-order valence-corrected chi connectivity index (χ3v) is 2.34. The fourth-order valence-corrected chi connectivity index (χ4v) is 1.59. The molecule has 15 heavy (non-hydrogen) atoms. The van der Waals surface area contributed by atoms with Gasteiger partial charge < -0.3 is 4.90 Å². The summed E-state index contributed by atoms with van der Waals surface area (Å²) in [6, 6.07) is 2.04. The van der Waals surface area contributed by atoms with Crippen LogP contribution in [0.4, 0.5) is 5.82 Å². The molecule has 1 aliphatic heterocycles. The molecule has 2 rings (SSSR count). The Labute approximate surface area is 87.4 Å². The van der Waals surface area contributed by atoms with E-state index in [2.05, 4.69) is 9.97 Å². The average Bonchev–Trinajstić information content (AvgIpc) is 2.65. The Hall–Kier alpha value is -1.96. The van der Waals surface area contributed by atoms with Crippen LogP contribution in [-0.4, -0.2) is 28.8 Å². The van der Waals surface area contributed by atoms with E-state index < -0.39 is 0 Å². The number of hydrogen-bond acceptors (Lipinski definition) is 5. The molecule has 0 N–H and O–H groups in total. The lowest BCUT2D eigenvalue weighted by atomic mass is 10.3. The van der Waals surface area contributed by atoms with Crippen molar-refractivity contribution in [3.05, 3.63) is 17.6 Å². The highest BCUT2D eigenvalue weighted by atomic mass is 16.1. The van der Waals surface area contributed by atoms with Gasteiger partial charge in [-0.15, -0.1) is 0 Å². The summed E-state index contributed by atoms with van der Waals surface area (Å²) in [4.78, 5) is 21.1. The van der Waals surface area contributed by atoms with E-state index in [4.69, 9.17) is 5.26 Å². The average molecular weight is 202 g/mol. The molecule has 1 aromatic heterocycles. The Morgan fingerprint density at radius 3 is 3.00 bits per heavy atom. The number of Topliss-reactive ketones (excluding diaryl/α,β-unsaturated/α-hetero) is 1. The van der Waals surface area contributed by atoms with Crippen molar-refractivity contribution in [1.29, 1.82) is 5.26 Å². The molecule has 0 aromatic carbocycles. The van der Waals surface area contributed by atoms with Crippen LogP contribution in [0, 0.1) is 18.3 Å². The molecule has 0 atom stereocenters. The predicted octanol–water partition coefficient (Wildman–Crippen LogP) is 0.436. The molecule has 0 radical (unpaired) electrons. The van der Waals surface area contributed by atoms with Gasteiger partial charge in [0, 0.05) is 13.0 Å². The highest BCUT2D eigenvalue weighted by Gasteiger charge is 2.23. The van der Waals surface area contributed by atoms with Crippen LogP contribution in [-0.2, 0) is 4.79 Å². The highest BCUT2D eigenvalue weighted by molar-refractivity contribution is 5.87. The molecule has 1 aromatic rings. The van der Waals surface area contributed by atoms with Crippen molar-refractivity contribution in [2.45, 2.75) is 13.3 Å². The highest BCUT2D eigenvalue weighted by Crippen LogP contribution is 2.19. The lowest BCUT2D eigenvalue weighted by Gasteiger charge is -2.16. The van der Waals surface area contributed by atoms with E-state index in [1.807, 2.05) is 11.0 Å². The normalized spacial score (nSPS) is 15.5. The molecule has 0 bridgehead atoms. The number of aromatic nitrogens is 2. The summed E-state index contributed by atoms with van der Waals surface area (Å²) in [6.07, 6.45) is 2.04. The number of carbonyl (C=O) groups is 1. The van der Waals surface area contributed by atoms with Gasteiger partial charge in [0.15, 0.2) is 11.6 Å². The number of aryl methyl sites for hydroxylation is 1. The maximum absolute atomic E-state index is 11.1. The number of anilines is 1. The van der Waals surface area contributed by atoms with Gasteiger partial charge in [-0.2, -0.15) is 5.26 Å². The van der Waals surface area contributed by atoms with Crippen LogP contribution in [0.15, 0.2) is 6.20 Å². The van der Waals surface area contributed by atoms with Gasteiger partial charge in [-0.3, -0.25) is 4.79 Å².